The monoisotopic (exact) mass is 536 g/mol. The standard InChI is InChI=1S/C27H25ClN4O4S/c1-2-16-36-22-14-12-20(13-15-22)29-24(33)17-23-26(35)31(21-6-4-3-5-7-21)27(37)32(23)30-25(34)18-8-10-19(28)11-9-18/h3-15,23H,2,16-17H2,1H3,(H,29,33)(H,30,34). The number of nitrogens with one attached hydrogen (secondary N) is 2. The second kappa shape index (κ2) is 11.9. The zero-order chi connectivity index (χ0) is 26.4. The third-order valence-corrected chi connectivity index (χ3v) is 6.18. The molecule has 190 valence electrons. The van der Waals surface area contributed by atoms with E-state index in [1.165, 1.54) is 9.91 Å². The molecule has 1 atom stereocenters. The largest absolute Gasteiger partial charge is 0.494 e. The summed E-state index contributed by atoms with van der Waals surface area (Å²) in [5, 5.41) is 4.61. The van der Waals surface area contributed by atoms with Crippen molar-refractivity contribution in [3.8, 4) is 5.75 Å². The normalized spacial score (nSPS) is 15.0. The summed E-state index contributed by atoms with van der Waals surface area (Å²) >= 11 is 11.5. The molecule has 1 aliphatic rings. The van der Waals surface area contributed by atoms with Gasteiger partial charge in [-0.3, -0.25) is 24.7 Å². The first-order chi connectivity index (χ1) is 17.9. The highest BCUT2D eigenvalue weighted by Crippen LogP contribution is 2.26. The smallest absolute Gasteiger partial charge is 0.269 e. The molecule has 3 amide bonds. The molecule has 1 fully saturated rings. The van der Waals surface area contributed by atoms with Gasteiger partial charge in [0.25, 0.3) is 11.8 Å². The Hall–Kier alpha value is -3.95. The van der Waals surface area contributed by atoms with Crippen molar-refractivity contribution in [2.75, 3.05) is 16.8 Å². The summed E-state index contributed by atoms with van der Waals surface area (Å²) < 4.78 is 5.57. The van der Waals surface area contributed by atoms with Crippen molar-refractivity contribution < 1.29 is 19.1 Å². The van der Waals surface area contributed by atoms with Gasteiger partial charge in [-0.25, -0.2) is 5.01 Å². The van der Waals surface area contributed by atoms with Gasteiger partial charge < -0.3 is 10.1 Å². The number of benzene rings is 3. The number of para-hydroxylation sites is 1. The lowest BCUT2D eigenvalue weighted by Gasteiger charge is -2.24. The predicted octanol–water partition coefficient (Wildman–Crippen LogP) is 4.80. The molecule has 1 saturated heterocycles. The summed E-state index contributed by atoms with van der Waals surface area (Å²) in [6, 6.07) is 21.0. The Morgan fingerprint density at radius 3 is 2.32 bits per heavy atom. The summed E-state index contributed by atoms with van der Waals surface area (Å²) in [5.41, 5.74) is 4.11. The van der Waals surface area contributed by atoms with E-state index in [1.54, 1.807) is 72.8 Å². The SMILES string of the molecule is CCCOc1ccc(NC(=O)CC2C(=O)N(c3ccccc3)C(=S)N2NC(=O)c2ccc(Cl)cc2)cc1. The number of hydrogen-bond donors (Lipinski definition) is 2. The van der Waals surface area contributed by atoms with E-state index in [1.807, 2.05) is 13.0 Å². The topological polar surface area (TPSA) is 91.0 Å². The maximum atomic E-state index is 13.5. The van der Waals surface area contributed by atoms with Crippen LogP contribution in [0.1, 0.15) is 30.1 Å². The first-order valence-electron chi connectivity index (χ1n) is 11.7. The maximum absolute atomic E-state index is 13.5. The van der Waals surface area contributed by atoms with Crippen molar-refractivity contribution in [1.82, 2.24) is 10.4 Å². The van der Waals surface area contributed by atoms with Crippen LogP contribution >= 0.6 is 23.8 Å². The van der Waals surface area contributed by atoms with Crippen LogP contribution in [0.4, 0.5) is 11.4 Å². The van der Waals surface area contributed by atoms with Crippen LogP contribution in [-0.2, 0) is 9.59 Å². The fraction of sp³-hybridized carbons (Fsp3) is 0.185. The average molecular weight is 537 g/mol. The van der Waals surface area contributed by atoms with Crippen molar-refractivity contribution in [2.45, 2.75) is 25.8 Å². The minimum atomic E-state index is -1.05. The Morgan fingerprint density at radius 2 is 1.68 bits per heavy atom. The summed E-state index contributed by atoms with van der Waals surface area (Å²) in [6.45, 7) is 2.62. The Balaban J connectivity index is 1.52. The summed E-state index contributed by atoms with van der Waals surface area (Å²) in [4.78, 5) is 40.7. The van der Waals surface area contributed by atoms with Crippen molar-refractivity contribution in [2.24, 2.45) is 0 Å². The minimum Gasteiger partial charge on any atom is -0.494 e. The molecule has 0 bridgehead atoms. The van der Waals surface area contributed by atoms with Gasteiger partial charge in [0, 0.05) is 16.3 Å². The molecule has 0 radical (unpaired) electrons. The first kappa shape index (κ1) is 26.1. The van der Waals surface area contributed by atoms with Crippen LogP contribution in [0.3, 0.4) is 0 Å². The van der Waals surface area contributed by atoms with Crippen LogP contribution in [0.2, 0.25) is 5.02 Å². The van der Waals surface area contributed by atoms with Gasteiger partial charge >= 0.3 is 0 Å². The molecule has 1 heterocycles. The highest BCUT2D eigenvalue weighted by Gasteiger charge is 2.45. The minimum absolute atomic E-state index is 0.0636. The summed E-state index contributed by atoms with van der Waals surface area (Å²) in [5.74, 6) is -0.629. The number of carbonyl (C=O) groups is 3. The number of halogens is 1. The van der Waals surface area contributed by atoms with E-state index in [4.69, 9.17) is 28.6 Å². The molecule has 3 aromatic carbocycles. The van der Waals surface area contributed by atoms with Crippen molar-refractivity contribution in [3.63, 3.8) is 0 Å². The summed E-state index contributed by atoms with van der Waals surface area (Å²) in [7, 11) is 0. The van der Waals surface area contributed by atoms with E-state index in [9.17, 15) is 14.4 Å². The number of carbonyl (C=O) groups excluding carboxylic acids is 3. The molecule has 0 spiro atoms. The second-order valence-corrected chi connectivity index (χ2v) is 9.05. The van der Waals surface area contributed by atoms with Crippen LogP contribution in [-0.4, -0.2) is 40.5 Å². The van der Waals surface area contributed by atoms with Crippen molar-refractivity contribution in [3.05, 3.63) is 89.4 Å². The molecule has 4 rings (SSSR count). The number of rotatable bonds is 9. The van der Waals surface area contributed by atoms with Crippen LogP contribution in [0.5, 0.6) is 5.75 Å². The van der Waals surface area contributed by atoms with Gasteiger partial charge in [-0.1, -0.05) is 36.7 Å². The van der Waals surface area contributed by atoms with Crippen molar-refractivity contribution >= 4 is 58.0 Å². The lowest BCUT2D eigenvalue weighted by molar-refractivity contribution is -0.124. The average Bonchev–Trinajstić information content (AvgIpc) is 3.12. The number of amides is 3. The third-order valence-electron chi connectivity index (χ3n) is 5.55. The van der Waals surface area contributed by atoms with Gasteiger partial charge in [0.15, 0.2) is 0 Å². The highest BCUT2D eigenvalue weighted by atomic mass is 35.5. The van der Waals surface area contributed by atoms with Crippen molar-refractivity contribution in [1.29, 1.82) is 0 Å². The van der Waals surface area contributed by atoms with Gasteiger partial charge in [0.1, 0.15) is 11.8 Å². The van der Waals surface area contributed by atoms with E-state index >= 15 is 0 Å². The summed E-state index contributed by atoms with van der Waals surface area (Å²) in [6.07, 6.45) is 0.651. The molecule has 0 saturated carbocycles. The van der Waals surface area contributed by atoms with Gasteiger partial charge in [-0.05, 0) is 79.3 Å². The number of anilines is 2. The van der Waals surface area contributed by atoms with Gasteiger partial charge in [0.2, 0.25) is 11.0 Å². The fourth-order valence-electron chi connectivity index (χ4n) is 3.73. The fourth-order valence-corrected chi connectivity index (χ4v) is 4.23. The van der Waals surface area contributed by atoms with Crippen LogP contribution < -0.4 is 20.4 Å². The molecule has 1 unspecified atom stereocenters. The third kappa shape index (κ3) is 6.25. The Morgan fingerprint density at radius 1 is 1.00 bits per heavy atom. The highest BCUT2D eigenvalue weighted by molar-refractivity contribution is 7.80. The zero-order valence-electron chi connectivity index (χ0n) is 20.0. The van der Waals surface area contributed by atoms with E-state index < -0.39 is 23.8 Å². The Labute approximate surface area is 225 Å². The second-order valence-electron chi connectivity index (χ2n) is 8.25. The molecule has 37 heavy (non-hydrogen) atoms. The molecule has 0 aromatic heterocycles. The van der Waals surface area contributed by atoms with Gasteiger partial charge in [-0.2, -0.15) is 0 Å². The molecule has 8 nitrogen and oxygen atoms in total. The molecular weight excluding hydrogens is 512 g/mol. The molecule has 3 aromatic rings. The van der Waals surface area contributed by atoms with Gasteiger partial charge in [0.05, 0.1) is 18.7 Å². The molecule has 2 N–H and O–H groups in total. The van der Waals surface area contributed by atoms with Crippen LogP contribution in [0, 0.1) is 0 Å². The number of thiocarbonyl (C=S) groups is 1. The quantitative estimate of drug-likeness (QED) is 0.382. The first-order valence-corrected chi connectivity index (χ1v) is 12.5. The van der Waals surface area contributed by atoms with Crippen LogP contribution in [0.15, 0.2) is 78.9 Å². The Kier molecular flexibility index (Phi) is 8.37. The predicted molar refractivity (Wildman–Crippen MR) is 147 cm³/mol. The van der Waals surface area contributed by atoms with E-state index in [0.717, 1.165) is 6.42 Å². The molecule has 0 aliphatic carbocycles. The number of nitrogens with zero attached hydrogens (tertiary/aromatic N) is 2. The lowest BCUT2D eigenvalue weighted by atomic mass is 10.1. The van der Waals surface area contributed by atoms with E-state index in [0.29, 0.717) is 34.3 Å². The molecule has 10 heteroatoms. The van der Waals surface area contributed by atoms with E-state index in [-0.39, 0.29) is 11.5 Å². The number of hydrogen-bond acceptors (Lipinski definition) is 5. The van der Waals surface area contributed by atoms with E-state index in [2.05, 4.69) is 10.7 Å². The maximum Gasteiger partial charge on any atom is 0.269 e. The number of hydrazine groups is 1. The number of ether oxygens (including phenoxy) is 1. The molecular formula is C27H25ClN4O4S. The molecule has 1 aliphatic heterocycles. The zero-order valence-corrected chi connectivity index (χ0v) is 21.6. The Bertz CT molecular complexity index is 1290. The van der Waals surface area contributed by atoms with Gasteiger partial charge in [-0.15, -0.1) is 0 Å². The lowest BCUT2D eigenvalue weighted by Crippen LogP contribution is -2.49. The van der Waals surface area contributed by atoms with Crippen LogP contribution in [0.25, 0.3) is 0 Å².